The van der Waals surface area contributed by atoms with Gasteiger partial charge in [0, 0.05) is 23.6 Å². The highest BCUT2D eigenvalue weighted by atomic mass is 32.2. The summed E-state index contributed by atoms with van der Waals surface area (Å²) >= 11 is 1.25. The highest BCUT2D eigenvalue weighted by Gasteiger charge is 2.20. The van der Waals surface area contributed by atoms with Crippen LogP contribution in [-0.2, 0) is 11.2 Å². The van der Waals surface area contributed by atoms with Gasteiger partial charge in [0.25, 0.3) is 0 Å². The Morgan fingerprint density at radius 3 is 2.69 bits per heavy atom. The highest BCUT2D eigenvalue weighted by molar-refractivity contribution is 8.00. The lowest BCUT2D eigenvalue weighted by Crippen LogP contribution is -2.23. The first-order valence-electron chi connectivity index (χ1n) is 8.26. The molecule has 3 aromatic rings. The van der Waals surface area contributed by atoms with Crippen molar-refractivity contribution in [1.29, 1.82) is 0 Å². The molecule has 0 spiro atoms. The maximum Gasteiger partial charge on any atom is 0.237 e. The second-order valence-corrected chi connectivity index (χ2v) is 7.03. The minimum atomic E-state index is -0.380. The van der Waals surface area contributed by atoms with E-state index in [1.165, 1.54) is 22.0 Å². The molecular formula is C18H20N6OS. The van der Waals surface area contributed by atoms with E-state index in [1.807, 2.05) is 30.3 Å². The van der Waals surface area contributed by atoms with Crippen LogP contribution in [0.1, 0.15) is 19.4 Å². The van der Waals surface area contributed by atoms with Crippen molar-refractivity contribution in [2.75, 3.05) is 11.2 Å². The van der Waals surface area contributed by atoms with Gasteiger partial charge in [-0.15, -0.1) is 10.2 Å². The number of nitrogen functional groups attached to an aromatic ring is 1. The van der Waals surface area contributed by atoms with Gasteiger partial charge >= 0.3 is 0 Å². The summed E-state index contributed by atoms with van der Waals surface area (Å²) in [7, 11) is 0. The Bertz CT molecular complexity index is 878. The van der Waals surface area contributed by atoms with Crippen LogP contribution in [0.25, 0.3) is 11.4 Å². The molecule has 1 atom stereocenters. The molecule has 26 heavy (non-hydrogen) atoms. The molecule has 0 radical (unpaired) electrons. The first-order valence-corrected chi connectivity index (χ1v) is 9.13. The third-order valence-electron chi connectivity index (χ3n) is 3.87. The van der Waals surface area contributed by atoms with Crippen molar-refractivity contribution in [2.24, 2.45) is 0 Å². The first kappa shape index (κ1) is 17.9. The lowest BCUT2D eigenvalue weighted by atomic mass is 10.1. The van der Waals surface area contributed by atoms with Gasteiger partial charge < -0.3 is 11.2 Å². The Kier molecular flexibility index (Phi) is 5.52. The average molecular weight is 368 g/mol. The number of pyridine rings is 1. The third kappa shape index (κ3) is 4.02. The summed E-state index contributed by atoms with van der Waals surface area (Å²) in [4.78, 5) is 16.5. The fourth-order valence-electron chi connectivity index (χ4n) is 2.33. The summed E-state index contributed by atoms with van der Waals surface area (Å²) in [5.41, 5.74) is 2.76. The smallest absolute Gasteiger partial charge is 0.237 e. The number of rotatable bonds is 6. The molecule has 7 nitrogen and oxygen atoms in total. The average Bonchev–Trinajstić information content (AvgIpc) is 3.03. The van der Waals surface area contributed by atoms with Gasteiger partial charge in [-0.3, -0.25) is 9.78 Å². The first-order chi connectivity index (χ1) is 12.6. The number of nitrogens with zero attached hydrogens (tertiary/aromatic N) is 4. The number of carbonyl (C=O) groups excluding carboxylic acids is 1. The molecule has 3 rings (SSSR count). The minimum Gasteiger partial charge on any atom is -0.335 e. The van der Waals surface area contributed by atoms with E-state index in [4.69, 9.17) is 5.84 Å². The molecule has 3 N–H and O–H groups in total. The predicted molar refractivity (Wildman–Crippen MR) is 103 cm³/mol. The Balaban J connectivity index is 1.66. The molecule has 0 aliphatic rings. The molecule has 0 aliphatic carbocycles. The molecule has 0 fully saturated rings. The Labute approximate surface area is 156 Å². The second-order valence-electron chi connectivity index (χ2n) is 5.72. The molecular weight excluding hydrogens is 348 g/mol. The van der Waals surface area contributed by atoms with Crippen LogP contribution in [0.4, 0.5) is 5.69 Å². The van der Waals surface area contributed by atoms with Gasteiger partial charge in [-0.2, -0.15) is 0 Å². The summed E-state index contributed by atoms with van der Waals surface area (Å²) in [6, 6.07) is 11.5. The van der Waals surface area contributed by atoms with Crippen molar-refractivity contribution in [3.05, 3.63) is 54.4 Å². The molecule has 0 saturated carbocycles. The Morgan fingerprint density at radius 2 is 2.04 bits per heavy atom. The maximum absolute atomic E-state index is 12.4. The SMILES string of the molecule is CCc1ccc(NC(=O)C(C)Sc2nnc(-c3cccnc3)n2N)cc1. The van der Waals surface area contributed by atoms with Crippen LogP contribution < -0.4 is 11.2 Å². The van der Waals surface area contributed by atoms with Crippen LogP contribution in [0, 0.1) is 0 Å². The van der Waals surface area contributed by atoms with Gasteiger partial charge in [0.1, 0.15) is 0 Å². The summed E-state index contributed by atoms with van der Waals surface area (Å²) in [6.07, 6.45) is 4.31. The van der Waals surface area contributed by atoms with Gasteiger partial charge in [0.2, 0.25) is 11.1 Å². The normalized spacial score (nSPS) is 11.9. The molecule has 8 heteroatoms. The molecule has 0 aliphatic heterocycles. The van der Waals surface area contributed by atoms with Crippen molar-refractivity contribution >= 4 is 23.4 Å². The zero-order valence-electron chi connectivity index (χ0n) is 14.6. The fourth-order valence-corrected chi connectivity index (χ4v) is 3.10. The van der Waals surface area contributed by atoms with Crippen LogP contribution in [0.3, 0.4) is 0 Å². The van der Waals surface area contributed by atoms with Crippen LogP contribution >= 0.6 is 11.8 Å². The van der Waals surface area contributed by atoms with E-state index in [2.05, 4.69) is 27.4 Å². The zero-order chi connectivity index (χ0) is 18.5. The highest BCUT2D eigenvalue weighted by Crippen LogP contribution is 2.25. The van der Waals surface area contributed by atoms with Gasteiger partial charge in [-0.25, -0.2) is 4.68 Å². The number of nitrogens with two attached hydrogens (primary N) is 1. The van der Waals surface area contributed by atoms with E-state index >= 15 is 0 Å². The lowest BCUT2D eigenvalue weighted by Gasteiger charge is -2.12. The number of anilines is 1. The number of aromatic nitrogens is 4. The summed E-state index contributed by atoms with van der Waals surface area (Å²) in [5, 5.41) is 11.2. The van der Waals surface area contributed by atoms with Gasteiger partial charge in [0.05, 0.1) is 5.25 Å². The van der Waals surface area contributed by atoms with Gasteiger partial charge in [-0.05, 0) is 43.2 Å². The number of hydrogen-bond acceptors (Lipinski definition) is 6. The monoisotopic (exact) mass is 368 g/mol. The van der Waals surface area contributed by atoms with Gasteiger partial charge in [0.15, 0.2) is 5.82 Å². The number of aryl methyl sites for hydroxylation is 1. The summed E-state index contributed by atoms with van der Waals surface area (Å²) in [5.74, 6) is 6.46. The van der Waals surface area contributed by atoms with Crippen molar-refractivity contribution < 1.29 is 4.79 Å². The van der Waals surface area contributed by atoms with E-state index in [1.54, 1.807) is 25.4 Å². The molecule has 2 aromatic heterocycles. The number of amides is 1. The molecule has 1 aromatic carbocycles. The Morgan fingerprint density at radius 1 is 1.27 bits per heavy atom. The second kappa shape index (κ2) is 8.01. The predicted octanol–water partition coefficient (Wildman–Crippen LogP) is 2.74. The molecule has 1 unspecified atom stereocenters. The van der Waals surface area contributed by atoms with Crippen LogP contribution in [0.2, 0.25) is 0 Å². The van der Waals surface area contributed by atoms with Crippen molar-refractivity contribution in [3.8, 4) is 11.4 Å². The number of nitrogens with one attached hydrogen (secondary N) is 1. The lowest BCUT2D eigenvalue weighted by molar-refractivity contribution is -0.115. The van der Waals surface area contributed by atoms with Crippen LogP contribution in [0.15, 0.2) is 53.9 Å². The molecule has 0 saturated heterocycles. The number of benzene rings is 1. The van der Waals surface area contributed by atoms with E-state index in [0.29, 0.717) is 11.0 Å². The quantitative estimate of drug-likeness (QED) is 0.513. The van der Waals surface area contributed by atoms with Crippen molar-refractivity contribution in [3.63, 3.8) is 0 Å². The van der Waals surface area contributed by atoms with Crippen LogP contribution in [0.5, 0.6) is 0 Å². The van der Waals surface area contributed by atoms with E-state index in [9.17, 15) is 4.79 Å². The fraction of sp³-hybridized carbons (Fsp3) is 0.222. The van der Waals surface area contributed by atoms with E-state index in [-0.39, 0.29) is 11.2 Å². The van der Waals surface area contributed by atoms with Crippen molar-refractivity contribution in [1.82, 2.24) is 19.9 Å². The standard InChI is InChI=1S/C18H20N6OS/c1-3-13-6-8-15(9-7-13)21-17(25)12(2)26-18-23-22-16(24(18)19)14-5-4-10-20-11-14/h4-12H,3,19H2,1-2H3,(H,21,25). The molecule has 2 heterocycles. The summed E-state index contributed by atoms with van der Waals surface area (Å²) < 4.78 is 1.38. The molecule has 134 valence electrons. The number of hydrogen-bond donors (Lipinski definition) is 2. The Hall–Kier alpha value is -2.87. The number of thioether (sulfide) groups is 1. The van der Waals surface area contributed by atoms with E-state index < -0.39 is 0 Å². The van der Waals surface area contributed by atoms with E-state index in [0.717, 1.165) is 17.7 Å². The largest absolute Gasteiger partial charge is 0.335 e. The topological polar surface area (TPSA) is 98.7 Å². The minimum absolute atomic E-state index is 0.120. The maximum atomic E-state index is 12.4. The molecule has 0 bridgehead atoms. The third-order valence-corrected chi connectivity index (χ3v) is 4.92. The van der Waals surface area contributed by atoms with Crippen molar-refractivity contribution in [2.45, 2.75) is 30.7 Å². The summed E-state index contributed by atoms with van der Waals surface area (Å²) in [6.45, 7) is 3.90. The van der Waals surface area contributed by atoms with Crippen LogP contribution in [-0.4, -0.2) is 31.0 Å². The van der Waals surface area contributed by atoms with Gasteiger partial charge in [-0.1, -0.05) is 30.8 Å². The zero-order valence-corrected chi connectivity index (χ0v) is 15.4. The number of carbonyl (C=O) groups is 1. The molecule has 1 amide bonds.